The van der Waals surface area contributed by atoms with Gasteiger partial charge in [0.15, 0.2) is 0 Å². The summed E-state index contributed by atoms with van der Waals surface area (Å²) in [5.74, 6) is -0.771. The summed E-state index contributed by atoms with van der Waals surface area (Å²) in [6, 6.07) is 12.7. The molecule has 0 N–H and O–H groups in total. The van der Waals surface area contributed by atoms with E-state index in [-0.39, 0.29) is 22.2 Å². The van der Waals surface area contributed by atoms with Gasteiger partial charge in [0.2, 0.25) is 5.88 Å². The molecular formula is C19H14ClN3O4. The number of non-ortho nitro benzene ring substituents is 1. The molecule has 1 heterocycles. The SMILES string of the molecule is Cc1ccc(C)c(-c2ccc(OC(=O)c3ccc([N+](=O)[O-])cc3Cl)nn2)c1. The van der Waals surface area contributed by atoms with E-state index in [0.29, 0.717) is 5.69 Å². The Labute approximate surface area is 159 Å². The topological polar surface area (TPSA) is 95.2 Å². The Bertz CT molecular complexity index is 1040. The minimum atomic E-state index is -0.774. The normalized spacial score (nSPS) is 10.5. The fourth-order valence-electron chi connectivity index (χ4n) is 2.46. The third kappa shape index (κ3) is 4.09. The molecule has 3 rings (SSSR count). The molecule has 0 aliphatic rings. The van der Waals surface area contributed by atoms with E-state index in [0.717, 1.165) is 22.8 Å². The van der Waals surface area contributed by atoms with Gasteiger partial charge in [0, 0.05) is 23.8 Å². The number of ether oxygens (including phenoxy) is 1. The first-order chi connectivity index (χ1) is 12.8. The van der Waals surface area contributed by atoms with Gasteiger partial charge in [-0.2, -0.15) is 0 Å². The summed E-state index contributed by atoms with van der Waals surface area (Å²) in [5.41, 5.74) is 3.54. The van der Waals surface area contributed by atoms with Crippen molar-refractivity contribution in [1.29, 1.82) is 0 Å². The number of hydrogen-bond donors (Lipinski definition) is 0. The molecule has 0 atom stereocenters. The van der Waals surface area contributed by atoms with E-state index >= 15 is 0 Å². The van der Waals surface area contributed by atoms with Crippen LogP contribution in [-0.4, -0.2) is 21.1 Å². The Morgan fingerprint density at radius 2 is 1.85 bits per heavy atom. The molecule has 0 bridgehead atoms. The number of aryl methyl sites for hydroxylation is 2. The second kappa shape index (κ2) is 7.51. The van der Waals surface area contributed by atoms with E-state index in [1.165, 1.54) is 18.2 Å². The van der Waals surface area contributed by atoms with Crippen LogP contribution in [-0.2, 0) is 0 Å². The van der Waals surface area contributed by atoms with Crippen LogP contribution in [0.4, 0.5) is 5.69 Å². The van der Waals surface area contributed by atoms with E-state index < -0.39 is 10.9 Å². The highest BCUT2D eigenvalue weighted by Crippen LogP contribution is 2.25. The number of esters is 1. The van der Waals surface area contributed by atoms with Crippen LogP contribution in [0.1, 0.15) is 21.5 Å². The van der Waals surface area contributed by atoms with E-state index in [1.54, 1.807) is 6.07 Å². The Kier molecular flexibility index (Phi) is 5.14. The zero-order valence-electron chi connectivity index (χ0n) is 14.5. The van der Waals surface area contributed by atoms with Crippen molar-refractivity contribution in [3.63, 3.8) is 0 Å². The number of carbonyl (C=O) groups excluding carboxylic acids is 1. The first-order valence-corrected chi connectivity index (χ1v) is 8.30. The van der Waals surface area contributed by atoms with Crippen molar-refractivity contribution < 1.29 is 14.5 Å². The molecule has 0 radical (unpaired) electrons. The fourth-order valence-corrected chi connectivity index (χ4v) is 2.71. The van der Waals surface area contributed by atoms with Crippen molar-refractivity contribution in [2.75, 3.05) is 0 Å². The van der Waals surface area contributed by atoms with Crippen LogP contribution >= 0.6 is 11.6 Å². The van der Waals surface area contributed by atoms with Crippen LogP contribution in [0.25, 0.3) is 11.3 Å². The molecule has 1 aromatic heterocycles. The number of nitro groups is 1. The largest absolute Gasteiger partial charge is 0.402 e. The van der Waals surface area contributed by atoms with Crippen molar-refractivity contribution in [2.24, 2.45) is 0 Å². The number of hydrogen-bond acceptors (Lipinski definition) is 6. The molecule has 3 aromatic rings. The Morgan fingerprint density at radius 3 is 2.48 bits per heavy atom. The molecule has 136 valence electrons. The molecule has 27 heavy (non-hydrogen) atoms. The molecule has 7 nitrogen and oxygen atoms in total. The van der Waals surface area contributed by atoms with Gasteiger partial charge in [-0.1, -0.05) is 29.3 Å². The van der Waals surface area contributed by atoms with Crippen molar-refractivity contribution in [3.8, 4) is 17.1 Å². The number of halogens is 1. The van der Waals surface area contributed by atoms with Crippen molar-refractivity contribution in [1.82, 2.24) is 10.2 Å². The highest BCUT2D eigenvalue weighted by atomic mass is 35.5. The summed E-state index contributed by atoms with van der Waals surface area (Å²) in [7, 11) is 0. The van der Waals surface area contributed by atoms with Gasteiger partial charge in [0.1, 0.15) is 0 Å². The second-order valence-electron chi connectivity index (χ2n) is 5.89. The summed E-state index contributed by atoms with van der Waals surface area (Å²) in [6.07, 6.45) is 0. The van der Waals surface area contributed by atoms with Gasteiger partial charge in [-0.25, -0.2) is 4.79 Å². The van der Waals surface area contributed by atoms with Crippen molar-refractivity contribution >= 4 is 23.3 Å². The maximum atomic E-state index is 12.2. The van der Waals surface area contributed by atoms with E-state index in [1.807, 2.05) is 32.0 Å². The van der Waals surface area contributed by atoms with Gasteiger partial charge < -0.3 is 4.74 Å². The maximum absolute atomic E-state index is 12.2. The average molecular weight is 384 g/mol. The predicted molar refractivity (Wildman–Crippen MR) is 100 cm³/mol. The van der Waals surface area contributed by atoms with Gasteiger partial charge in [-0.3, -0.25) is 10.1 Å². The number of carbonyl (C=O) groups is 1. The number of aromatic nitrogens is 2. The van der Waals surface area contributed by atoms with Crippen molar-refractivity contribution in [3.05, 3.63) is 80.4 Å². The summed E-state index contributed by atoms with van der Waals surface area (Å²) in [5, 5.41) is 18.7. The number of nitrogens with zero attached hydrogens (tertiary/aromatic N) is 3. The quantitative estimate of drug-likeness (QED) is 0.373. The third-order valence-corrected chi connectivity index (χ3v) is 4.20. The number of benzene rings is 2. The zero-order chi connectivity index (χ0) is 19.6. The molecule has 0 fully saturated rings. The Morgan fingerprint density at radius 1 is 1.07 bits per heavy atom. The molecular weight excluding hydrogens is 370 g/mol. The van der Waals surface area contributed by atoms with Crippen LogP contribution in [0.15, 0.2) is 48.5 Å². The molecule has 0 saturated heterocycles. The standard InChI is InChI=1S/C19H14ClN3O4/c1-11-3-4-12(2)15(9-11)17-7-8-18(22-21-17)27-19(24)14-6-5-13(23(25)26)10-16(14)20/h3-10H,1-2H3. The third-order valence-electron chi connectivity index (χ3n) is 3.89. The van der Waals surface area contributed by atoms with Gasteiger partial charge >= 0.3 is 5.97 Å². The molecule has 0 amide bonds. The predicted octanol–water partition coefficient (Wildman–Crippen LogP) is 4.54. The average Bonchev–Trinajstić information content (AvgIpc) is 2.64. The smallest absolute Gasteiger partial charge is 0.346 e. The molecule has 8 heteroatoms. The second-order valence-corrected chi connectivity index (χ2v) is 6.29. The lowest BCUT2D eigenvalue weighted by Crippen LogP contribution is -2.11. The molecule has 2 aromatic carbocycles. The van der Waals surface area contributed by atoms with E-state index in [9.17, 15) is 14.9 Å². The molecule has 0 aliphatic carbocycles. The zero-order valence-corrected chi connectivity index (χ0v) is 15.2. The van der Waals surface area contributed by atoms with Gasteiger partial charge in [-0.05, 0) is 37.6 Å². The lowest BCUT2D eigenvalue weighted by Gasteiger charge is -2.07. The first-order valence-electron chi connectivity index (χ1n) is 7.92. The number of rotatable bonds is 4. The van der Waals surface area contributed by atoms with E-state index in [4.69, 9.17) is 16.3 Å². The summed E-state index contributed by atoms with van der Waals surface area (Å²) in [6.45, 7) is 3.96. The lowest BCUT2D eigenvalue weighted by atomic mass is 10.0. The monoisotopic (exact) mass is 383 g/mol. The molecule has 0 saturated carbocycles. The van der Waals surface area contributed by atoms with Crippen LogP contribution < -0.4 is 4.74 Å². The maximum Gasteiger partial charge on any atom is 0.346 e. The van der Waals surface area contributed by atoms with Crippen LogP contribution in [0.5, 0.6) is 5.88 Å². The van der Waals surface area contributed by atoms with Gasteiger partial charge in [0.25, 0.3) is 5.69 Å². The fraction of sp³-hybridized carbons (Fsp3) is 0.105. The van der Waals surface area contributed by atoms with Gasteiger partial charge in [-0.15, -0.1) is 10.2 Å². The number of nitro benzene ring substituents is 1. The van der Waals surface area contributed by atoms with Crippen molar-refractivity contribution in [2.45, 2.75) is 13.8 Å². The summed E-state index contributed by atoms with van der Waals surface area (Å²) >= 11 is 5.93. The Balaban J connectivity index is 1.79. The minimum Gasteiger partial charge on any atom is -0.402 e. The van der Waals surface area contributed by atoms with Crippen LogP contribution in [0.3, 0.4) is 0 Å². The highest BCUT2D eigenvalue weighted by molar-refractivity contribution is 6.33. The summed E-state index contributed by atoms with van der Waals surface area (Å²) < 4.78 is 5.16. The first kappa shape index (κ1) is 18.5. The lowest BCUT2D eigenvalue weighted by molar-refractivity contribution is -0.384. The van der Waals surface area contributed by atoms with Crippen LogP contribution in [0.2, 0.25) is 5.02 Å². The molecule has 0 aliphatic heterocycles. The van der Waals surface area contributed by atoms with Gasteiger partial charge in [0.05, 0.1) is 21.2 Å². The molecule has 0 unspecified atom stereocenters. The van der Waals surface area contributed by atoms with E-state index in [2.05, 4.69) is 10.2 Å². The summed E-state index contributed by atoms with van der Waals surface area (Å²) in [4.78, 5) is 22.4. The van der Waals surface area contributed by atoms with Crippen LogP contribution in [0, 0.1) is 24.0 Å². The minimum absolute atomic E-state index is 0.00247. The molecule has 0 spiro atoms. The Hall–Kier alpha value is -3.32. The highest BCUT2D eigenvalue weighted by Gasteiger charge is 2.17.